The van der Waals surface area contributed by atoms with E-state index >= 15 is 0 Å². The minimum Gasteiger partial charge on any atom is -0.383 e. The zero-order valence-corrected chi connectivity index (χ0v) is 12.8. The highest BCUT2D eigenvalue weighted by molar-refractivity contribution is 6.17. The SMILES string of the molecule is CC(C)Nc1cc(CCCCl)nc(-c2ccccc2)c1. The smallest absolute Gasteiger partial charge is 0.0725 e. The molecule has 1 aromatic heterocycles. The van der Waals surface area contributed by atoms with E-state index in [1.54, 1.807) is 0 Å². The molecule has 0 spiro atoms. The highest BCUT2D eigenvalue weighted by Crippen LogP contribution is 2.22. The molecule has 106 valence electrons. The van der Waals surface area contributed by atoms with Gasteiger partial charge in [0.2, 0.25) is 0 Å². The van der Waals surface area contributed by atoms with Gasteiger partial charge in [0.05, 0.1) is 5.69 Å². The second-order valence-corrected chi connectivity index (χ2v) is 5.57. The molecule has 0 atom stereocenters. The largest absolute Gasteiger partial charge is 0.383 e. The first-order valence-electron chi connectivity index (χ1n) is 7.08. The van der Waals surface area contributed by atoms with Gasteiger partial charge in [-0.3, -0.25) is 4.98 Å². The fourth-order valence-electron chi connectivity index (χ4n) is 2.14. The van der Waals surface area contributed by atoms with Crippen molar-refractivity contribution in [2.24, 2.45) is 0 Å². The van der Waals surface area contributed by atoms with Crippen LogP contribution in [0.4, 0.5) is 5.69 Å². The lowest BCUT2D eigenvalue weighted by atomic mass is 10.1. The molecule has 0 fully saturated rings. The first-order chi connectivity index (χ1) is 9.69. The van der Waals surface area contributed by atoms with Crippen molar-refractivity contribution >= 4 is 17.3 Å². The van der Waals surface area contributed by atoms with Crippen molar-refractivity contribution in [2.75, 3.05) is 11.2 Å². The predicted molar refractivity (Wildman–Crippen MR) is 87.5 cm³/mol. The van der Waals surface area contributed by atoms with Gasteiger partial charge in [-0.15, -0.1) is 11.6 Å². The topological polar surface area (TPSA) is 24.9 Å². The number of nitrogens with zero attached hydrogens (tertiary/aromatic N) is 1. The van der Waals surface area contributed by atoms with Crippen LogP contribution in [0, 0.1) is 0 Å². The van der Waals surface area contributed by atoms with Crippen molar-refractivity contribution in [3.63, 3.8) is 0 Å². The summed E-state index contributed by atoms with van der Waals surface area (Å²) in [6.07, 6.45) is 1.87. The number of halogens is 1. The molecule has 0 bridgehead atoms. The minimum absolute atomic E-state index is 0.405. The van der Waals surface area contributed by atoms with Crippen molar-refractivity contribution in [1.82, 2.24) is 4.98 Å². The maximum absolute atomic E-state index is 5.79. The van der Waals surface area contributed by atoms with Gasteiger partial charge >= 0.3 is 0 Å². The average molecular weight is 289 g/mol. The number of hydrogen-bond donors (Lipinski definition) is 1. The molecule has 1 aromatic carbocycles. The quantitative estimate of drug-likeness (QED) is 0.777. The second-order valence-electron chi connectivity index (χ2n) is 5.19. The summed E-state index contributed by atoms with van der Waals surface area (Å²) in [5.74, 6) is 0.671. The monoisotopic (exact) mass is 288 g/mol. The van der Waals surface area contributed by atoms with Gasteiger partial charge in [-0.05, 0) is 38.8 Å². The fraction of sp³-hybridized carbons (Fsp3) is 0.353. The molecule has 0 aliphatic rings. The molecule has 0 unspecified atom stereocenters. The van der Waals surface area contributed by atoms with E-state index in [9.17, 15) is 0 Å². The third-order valence-electron chi connectivity index (χ3n) is 2.97. The zero-order chi connectivity index (χ0) is 14.4. The van der Waals surface area contributed by atoms with Crippen molar-refractivity contribution in [2.45, 2.75) is 32.7 Å². The molecule has 0 saturated heterocycles. The average Bonchev–Trinajstić information content (AvgIpc) is 2.45. The number of rotatable bonds is 6. The Morgan fingerprint density at radius 3 is 2.55 bits per heavy atom. The van der Waals surface area contributed by atoms with Gasteiger partial charge in [-0.2, -0.15) is 0 Å². The highest BCUT2D eigenvalue weighted by atomic mass is 35.5. The Kier molecular flexibility index (Phi) is 5.42. The van der Waals surface area contributed by atoms with Crippen LogP contribution in [0.3, 0.4) is 0 Å². The van der Waals surface area contributed by atoms with Crippen LogP contribution in [0.2, 0.25) is 0 Å². The third kappa shape index (κ3) is 4.24. The van der Waals surface area contributed by atoms with Crippen LogP contribution >= 0.6 is 11.6 Å². The molecule has 3 heteroatoms. The van der Waals surface area contributed by atoms with E-state index in [0.29, 0.717) is 11.9 Å². The van der Waals surface area contributed by atoms with E-state index in [0.717, 1.165) is 35.5 Å². The highest BCUT2D eigenvalue weighted by Gasteiger charge is 2.06. The van der Waals surface area contributed by atoms with Crippen molar-refractivity contribution in [3.8, 4) is 11.3 Å². The number of alkyl halides is 1. The summed E-state index contributed by atoms with van der Waals surface area (Å²) >= 11 is 5.79. The van der Waals surface area contributed by atoms with E-state index in [1.807, 2.05) is 18.2 Å². The van der Waals surface area contributed by atoms with Crippen LogP contribution in [-0.2, 0) is 6.42 Å². The first-order valence-corrected chi connectivity index (χ1v) is 7.61. The van der Waals surface area contributed by atoms with Crippen molar-refractivity contribution in [3.05, 3.63) is 48.2 Å². The summed E-state index contributed by atoms with van der Waals surface area (Å²) < 4.78 is 0. The minimum atomic E-state index is 0.405. The van der Waals surface area contributed by atoms with Gasteiger partial charge in [0, 0.05) is 28.9 Å². The molecular formula is C17H21ClN2. The third-order valence-corrected chi connectivity index (χ3v) is 3.24. The Hall–Kier alpha value is -1.54. The van der Waals surface area contributed by atoms with E-state index < -0.39 is 0 Å². The van der Waals surface area contributed by atoms with Crippen molar-refractivity contribution < 1.29 is 0 Å². The lowest BCUT2D eigenvalue weighted by Gasteiger charge is -2.13. The molecule has 0 radical (unpaired) electrons. The summed E-state index contributed by atoms with van der Waals surface area (Å²) in [4.78, 5) is 4.75. The number of aryl methyl sites for hydroxylation is 1. The van der Waals surface area contributed by atoms with Crippen molar-refractivity contribution in [1.29, 1.82) is 0 Å². The van der Waals surface area contributed by atoms with E-state index in [-0.39, 0.29) is 0 Å². The maximum Gasteiger partial charge on any atom is 0.0725 e. The Morgan fingerprint density at radius 1 is 1.15 bits per heavy atom. The number of aromatic nitrogens is 1. The van der Waals surface area contributed by atoms with Crippen LogP contribution in [-0.4, -0.2) is 16.9 Å². The van der Waals surface area contributed by atoms with E-state index in [1.165, 1.54) is 0 Å². The van der Waals surface area contributed by atoms with E-state index in [4.69, 9.17) is 16.6 Å². The zero-order valence-electron chi connectivity index (χ0n) is 12.1. The molecule has 1 N–H and O–H groups in total. The van der Waals surface area contributed by atoms with Gasteiger partial charge in [0.1, 0.15) is 0 Å². The maximum atomic E-state index is 5.79. The molecule has 20 heavy (non-hydrogen) atoms. The molecule has 0 amide bonds. The molecule has 1 heterocycles. The summed E-state index contributed by atoms with van der Waals surface area (Å²) in [5, 5.41) is 3.46. The normalized spacial score (nSPS) is 10.8. The number of anilines is 1. The van der Waals surface area contributed by atoms with Gasteiger partial charge in [0.15, 0.2) is 0 Å². The van der Waals surface area contributed by atoms with Crippen LogP contribution in [0.1, 0.15) is 26.0 Å². The number of nitrogens with one attached hydrogen (secondary N) is 1. The van der Waals surface area contributed by atoms with Crippen LogP contribution in [0.15, 0.2) is 42.5 Å². The fourth-order valence-corrected chi connectivity index (χ4v) is 2.27. The van der Waals surface area contributed by atoms with Gasteiger partial charge in [-0.25, -0.2) is 0 Å². The predicted octanol–water partition coefficient (Wildman–Crippen LogP) is 4.74. The second kappa shape index (κ2) is 7.30. The molecule has 2 rings (SSSR count). The molecule has 0 aliphatic carbocycles. The number of pyridine rings is 1. The van der Waals surface area contributed by atoms with Crippen LogP contribution in [0.5, 0.6) is 0 Å². The number of benzene rings is 1. The molecule has 2 nitrogen and oxygen atoms in total. The molecule has 2 aromatic rings. The van der Waals surface area contributed by atoms with Gasteiger partial charge in [0.25, 0.3) is 0 Å². The van der Waals surface area contributed by atoms with Gasteiger partial charge in [-0.1, -0.05) is 30.3 Å². The Balaban J connectivity index is 2.34. The van der Waals surface area contributed by atoms with Crippen LogP contribution < -0.4 is 5.32 Å². The van der Waals surface area contributed by atoms with E-state index in [2.05, 4.69) is 43.4 Å². The summed E-state index contributed by atoms with van der Waals surface area (Å²) in [5.41, 5.74) is 4.38. The molecule has 0 saturated carbocycles. The lowest BCUT2D eigenvalue weighted by molar-refractivity contribution is 0.877. The number of hydrogen-bond acceptors (Lipinski definition) is 2. The molecule has 0 aliphatic heterocycles. The Bertz CT molecular complexity index is 538. The Morgan fingerprint density at radius 2 is 1.90 bits per heavy atom. The lowest BCUT2D eigenvalue weighted by Crippen LogP contribution is -2.10. The summed E-state index contributed by atoms with van der Waals surface area (Å²) in [6, 6.07) is 14.9. The summed E-state index contributed by atoms with van der Waals surface area (Å²) in [7, 11) is 0. The van der Waals surface area contributed by atoms with Gasteiger partial charge < -0.3 is 5.32 Å². The Labute approximate surface area is 126 Å². The standard InChI is InChI=1S/C17H21ClN2/c1-13(2)19-16-11-15(9-6-10-18)20-17(12-16)14-7-4-3-5-8-14/h3-5,7-8,11-13H,6,9-10H2,1-2H3,(H,19,20). The first kappa shape index (κ1) is 14.9. The summed E-state index contributed by atoms with van der Waals surface area (Å²) in [6.45, 7) is 4.28. The van der Waals surface area contributed by atoms with Crippen LogP contribution in [0.25, 0.3) is 11.3 Å². The molecular weight excluding hydrogens is 268 g/mol.